The van der Waals surface area contributed by atoms with E-state index in [1.165, 1.54) is 16.0 Å². The molecule has 0 saturated heterocycles. The van der Waals surface area contributed by atoms with Gasteiger partial charge in [-0.3, -0.25) is 9.59 Å². The van der Waals surface area contributed by atoms with E-state index in [-0.39, 0.29) is 36.4 Å². The Bertz CT molecular complexity index is 946. The zero-order valence-electron chi connectivity index (χ0n) is 19.5. The first-order valence-corrected chi connectivity index (χ1v) is 12.6. The van der Waals surface area contributed by atoms with Crippen molar-refractivity contribution >= 4 is 23.2 Å². The Labute approximate surface area is 195 Å². The second kappa shape index (κ2) is 9.65. The number of amides is 2. The molecule has 0 radical (unpaired) electrons. The number of carbonyl (C=O) groups excluding carboxylic acids is 2. The van der Waals surface area contributed by atoms with Gasteiger partial charge in [0.2, 0.25) is 11.8 Å². The smallest absolute Gasteiger partial charge is 0.242 e. The first-order chi connectivity index (χ1) is 15.3. The summed E-state index contributed by atoms with van der Waals surface area (Å²) in [6, 6.07) is 10.4. The molecule has 0 spiro atoms. The molecular weight excluding hydrogens is 420 g/mol. The third kappa shape index (κ3) is 5.01. The Morgan fingerprint density at radius 3 is 2.47 bits per heavy atom. The summed E-state index contributed by atoms with van der Waals surface area (Å²) < 4.78 is 6.17. The van der Waals surface area contributed by atoms with E-state index in [2.05, 4.69) is 37.4 Å². The molecule has 1 atom stereocenters. The number of carbonyl (C=O) groups is 2. The van der Waals surface area contributed by atoms with Gasteiger partial charge in [0.15, 0.2) is 0 Å². The van der Waals surface area contributed by atoms with Gasteiger partial charge in [-0.15, -0.1) is 11.3 Å². The first-order valence-electron chi connectivity index (χ1n) is 11.7. The van der Waals surface area contributed by atoms with Crippen LogP contribution in [-0.4, -0.2) is 47.4 Å². The normalized spacial score (nSPS) is 18.1. The highest BCUT2D eigenvalue weighted by molar-refractivity contribution is 7.10. The number of benzene rings is 1. The van der Waals surface area contributed by atoms with Crippen molar-refractivity contribution in [2.75, 3.05) is 19.7 Å². The molecule has 0 N–H and O–H groups in total. The summed E-state index contributed by atoms with van der Waals surface area (Å²) in [5, 5.41) is 2.10. The van der Waals surface area contributed by atoms with E-state index in [0.29, 0.717) is 19.1 Å². The highest BCUT2D eigenvalue weighted by Crippen LogP contribution is 2.35. The fraction of sp³-hybridized carbons (Fsp3) is 0.538. The van der Waals surface area contributed by atoms with E-state index < -0.39 is 0 Å². The van der Waals surface area contributed by atoms with Crippen LogP contribution in [0.3, 0.4) is 0 Å². The monoisotopic (exact) mass is 454 g/mol. The molecule has 32 heavy (non-hydrogen) atoms. The maximum Gasteiger partial charge on any atom is 0.242 e. The van der Waals surface area contributed by atoms with Gasteiger partial charge in [0, 0.05) is 23.4 Å². The van der Waals surface area contributed by atoms with Crippen LogP contribution in [0, 0.1) is 5.92 Å². The lowest BCUT2D eigenvalue weighted by Gasteiger charge is -2.37. The molecule has 172 valence electrons. The van der Waals surface area contributed by atoms with Gasteiger partial charge in [-0.2, -0.15) is 0 Å². The number of hydrogen-bond acceptors (Lipinski definition) is 4. The largest absolute Gasteiger partial charge is 0.491 e. The number of thiophene rings is 1. The van der Waals surface area contributed by atoms with E-state index in [4.69, 9.17) is 4.74 Å². The lowest BCUT2D eigenvalue weighted by molar-refractivity contribution is -0.144. The van der Waals surface area contributed by atoms with Crippen LogP contribution in [0.15, 0.2) is 35.7 Å². The van der Waals surface area contributed by atoms with Crippen molar-refractivity contribution in [3.63, 3.8) is 0 Å². The Morgan fingerprint density at radius 1 is 1.12 bits per heavy atom. The summed E-state index contributed by atoms with van der Waals surface area (Å²) in [7, 11) is 0. The summed E-state index contributed by atoms with van der Waals surface area (Å²) in [5.74, 6) is 1.30. The quantitative estimate of drug-likeness (QED) is 0.563. The molecule has 4 rings (SSSR count). The topological polar surface area (TPSA) is 49.9 Å². The van der Waals surface area contributed by atoms with Gasteiger partial charge in [-0.1, -0.05) is 39.8 Å². The maximum atomic E-state index is 13.4. The Balaban J connectivity index is 1.49. The molecule has 1 fully saturated rings. The lowest BCUT2D eigenvalue weighted by Crippen LogP contribution is -2.49. The first kappa shape index (κ1) is 22.8. The van der Waals surface area contributed by atoms with Crippen LogP contribution < -0.4 is 4.74 Å². The van der Waals surface area contributed by atoms with Gasteiger partial charge in [0.1, 0.15) is 18.9 Å². The third-order valence-electron chi connectivity index (χ3n) is 6.44. The molecule has 5 nitrogen and oxygen atoms in total. The van der Waals surface area contributed by atoms with E-state index in [0.717, 1.165) is 25.0 Å². The summed E-state index contributed by atoms with van der Waals surface area (Å²) in [4.78, 5) is 31.2. The van der Waals surface area contributed by atoms with E-state index >= 15 is 0 Å². The molecule has 0 unspecified atom stereocenters. The zero-order valence-corrected chi connectivity index (χ0v) is 20.4. The highest BCUT2D eigenvalue weighted by atomic mass is 32.1. The number of ether oxygens (including phenoxy) is 1. The Morgan fingerprint density at radius 2 is 1.84 bits per heavy atom. The van der Waals surface area contributed by atoms with Crippen LogP contribution in [0.2, 0.25) is 0 Å². The molecule has 1 aliphatic carbocycles. The molecule has 2 heterocycles. The van der Waals surface area contributed by atoms with Crippen molar-refractivity contribution in [1.82, 2.24) is 9.80 Å². The minimum atomic E-state index is -0.127. The van der Waals surface area contributed by atoms with Crippen molar-refractivity contribution in [3.05, 3.63) is 51.7 Å². The molecule has 0 bridgehead atoms. The van der Waals surface area contributed by atoms with Crippen molar-refractivity contribution in [2.45, 2.75) is 65.0 Å². The molecule has 2 aromatic rings. The highest BCUT2D eigenvalue weighted by Gasteiger charge is 2.38. The average Bonchev–Trinajstić information content (AvgIpc) is 3.51. The lowest BCUT2D eigenvalue weighted by atomic mass is 10.00. The van der Waals surface area contributed by atoms with Crippen LogP contribution in [0.5, 0.6) is 5.75 Å². The van der Waals surface area contributed by atoms with Crippen LogP contribution in [0.25, 0.3) is 0 Å². The molecule has 1 saturated carbocycles. The Hall–Kier alpha value is -2.34. The van der Waals surface area contributed by atoms with Crippen LogP contribution in [0.4, 0.5) is 0 Å². The van der Waals surface area contributed by atoms with Crippen molar-refractivity contribution in [2.24, 2.45) is 5.92 Å². The van der Waals surface area contributed by atoms with Gasteiger partial charge in [0.25, 0.3) is 0 Å². The van der Waals surface area contributed by atoms with E-state index in [1.54, 1.807) is 16.2 Å². The van der Waals surface area contributed by atoms with E-state index in [1.807, 2.05) is 30.9 Å². The SMILES string of the molecule is CC(C)C(=O)N(CC(=O)N1CCc2sccc2[C@H]1COc1ccc(C(C)C)cc1)C1CC1. The molecule has 1 aromatic carbocycles. The Kier molecular flexibility index (Phi) is 6.89. The van der Waals surface area contributed by atoms with Gasteiger partial charge in [0.05, 0.1) is 6.04 Å². The van der Waals surface area contributed by atoms with Crippen LogP contribution >= 0.6 is 11.3 Å². The molecular formula is C26H34N2O3S. The molecule has 1 aliphatic heterocycles. The molecule has 1 aromatic heterocycles. The van der Waals surface area contributed by atoms with Crippen molar-refractivity contribution < 1.29 is 14.3 Å². The minimum absolute atomic E-state index is 0.0199. The van der Waals surface area contributed by atoms with Gasteiger partial charge >= 0.3 is 0 Å². The number of nitrogens with zero attached hydrogens (tertiary/aromatic N) is 2. The van der Waals surface area contributed by atoms with Crippen molar-refractivity contribution in [3.8, 4) is 5.75 Å². The third-order valence-corrected chi connectivity index (χ3v) is 7.44. The maximum absolute atomic E-state index is 13.4. The van der Waals surface area contributed by atoms with Gasteiger partial charge in [-0.05, 0) is 59.9 Å². The number of rotatable bonds is 8. The fourth-order valence-electron chi connectivity index (χ4n) is 4.34. The van der Waals surface area contributed by atoms with Crippen LogP contribution in [-0.2, 0) is 16.0 Å². The van der Waals surface area contributed by atoms with Crippen LogP contribution in [0.1, 0.15) is 68.5 Å². The standard InChI is InChI=1S/C26H34N2O3S/c1-17(2)19-5-9-21(10-6-19)31-16-23-22-12-14-32-24(22)11-13-27(23)25(29)15-28(20-7-8-20)26(30)18(3)4/h5-6,9-10,12,14,17-18,20,23H,7-8,11,13,15-16H2,1-4H3/t23-/m1/s1. The number of fused-ring (bicyclic) bond motifs is 1. The van der Waals surface area contributed by atoms with E-state index in [9.17, 15) is 9.59 Å². The second-order valence-electron chi connectivity index (χ2n) is 9.54. The fourth-order valence-corrected chi connectivity index (χ4v) is 5.27. The predicted molar refractivity (Wildman–Crippen MR) is 128 cm³/mol. The molecule has 6 heteroatoms. The summed E-state index contributed by atoms with van der Waals surface area (Å²) in [6.45, 7) is 9.41. The van der Waals surface area contributed by atoms with Crippen molar-refractivity contribution in [1.29, 1.82) is 0 Å². The van der Waals surface area contributed by atoms with Gasteiger partial charge < -0.3 is 14.5 Å². The second-order valence-corrected chi connectivity index (χ2v) is 10.5. The summed E-state index contributed by atoms with van der Waals surface area (Å²) >= 11 is 1.75. The predicted octanol–water partition coefficient (Wildman–Crippen LogP) is 5.02. The summed E-state index contributed by atoms with van der Waals surface area (Å²) in [6.07, 6.45) is 2.86. The zero-order chi connectivity index (χ0) is 22.8. The number of hydrogen-bond donors (Lipinski definition) is 0. The minimum Gasteiger partial charge on any atom is -0.491 e. The molecule has 2 amide bonds. The molecule has 2 aliphatic rings. The summed E-state index contributed by atoms with van der Waals surface area (Å²) in [5.41, 5.74) is 2.46. The average molecular weight is 455 g/mol. The van der Waals surface area contributed by atoms with Gasteiger partial charge in [-0.25, -0.2) is 0 Å².